The van der Waals surface area contributed by atoms with E-state index in [0.29, 0.717) is 13.8 Å². The van der Waals surface area contributed by atoms with Crippen molar-refractivity contribution >= 4 is 0 Å². The van der Waals surface area contributed by atoms with E-state index in [4.69, 9.17) is 0 Å². The van der Waals surface area contributed by atoms with Gasteiger partial charge in [0.25, 0.3) is 5.92 Å². The Morgan fingerprint density at radius 2 is 1.56 bits per heavy atom. The molecule has 0 aromatic rings. The Labute approximate surface area is 50.2 Å². The van der Waals surface area contributed by atoms with Gasteiger partial charge in [0, 0.05) is 6.92 Å². The van der Waals surface area contributed by atoms with Crippen molar-refractivity contribution in [3.05, 3.63) is 11.7 Å². The van der Waals surface area contributed by atoms with Crippen LogP contribution >= 0.6 is 0 Å². The summed E-state index contributed by atoms with van der Waals surface area (Å²) in [7, 11) is 0. The summed E-state index contributed by atoms with van der Waals surface area (Å²) in [5.41, 5.74) is 0. The second-order valence-corrected chi connectivity index (χ2v) is 1.74. The molecule has 0 aliphatic carbocycles. The number of rotatable bonds is 1. The third kappa shape index (κ3) is 2.49. The smallest absolute Gasteiger partial charge is 0.209 e. The first-order chi connectivity index (χ1) is 3.85. The highest BCUT2D eigenvalue weighted by atomic mass is 19.3. The Morgan fingerprint density at radius 1 is 1.22 bits per heavy atom. The molecule has 54 valence electrons. The molecule has 0 heterocycles. The Balaban J connectivity index is 4.40. The zero-order valence-electron chi connectivity index (χ0n) is 5.01. The zero-order chi connectivity index (χ0) is 7.65. The van der Waals surface area contributed by atoms with Gasteiger partial charge in [-0.05, 0) is 6.92 Å². The number of hydrogen-bond acceptors (Lipinski definition) is 0. The summed E-state index contributed by atoms with van der Waals surface area (Å²) < 4.78 is 46.8. The first-order valence-electron chi connectivity index (χ1n) is 2.26. The van der Waals surface area contributed by atoms with E-state index in [2.05, 4.69) is 0 Å². The van der Waals surface area contributed by atoms with Crippen molar-refractivity contribution in [1.82, 2.24) is 0 Å². The van der Waals surface area contributed by atoms with Gasteiger partial charge in [-0.3, -0.25) is 0 Å². The van der Waals surface area contributed by atoms with E-state index >= 15 is 0 Å². The van der Waals surface area contributed by atoms with Crippen LogP contribution in [-0.2, 0) is 0 Å². The van der Waals surface area contributed by atoms with Crippen molar-refractivity contribution in [3.8, 4) is 0 Å². The molecule has 0 atom stereocenters. The zero-order valence-corrected chi connectivity index (χ0v) is 5.01. The van der Waals surface area contributed by atoms with Crippen molar-refractivity contribution in [3.63, 3.8) is 0 Å². The molecule has 0 spiro atoms. The molecule has 0 radical (unpaired) electrons. The standard InChI is InChI=1S/C5H6F4/c1-3(6)4(7)5(2,8)9/h1-2H3/b4-3+. The van der Waals surface area contributed by atoms with Crippen LogP contribution in [0.3, 0.4) is 0 Å². The normalized spacial score (nSPS) is 15.3. The molecule has 0 bridgehead atoms. The van der Waals surface area contributed by atoms with Crippen LogP contribution in [0.1, 0.15) is 13.8 Å². The lowest BCUT2D eigenvalue weighted by atomic mass is 10.3. The molecule has 0 saturated heterocycles. The fourth-order valence-corrected chi connectivity index (χ4v) is 0.302. The molecule has 9 heavy (non-hydrogen) atoms. The van der Waals surface area contributed by atoms with E-state index in [1.807, 2.05) is 0 Å². The Bertz CT molecular complexity index is 126. The molecule has 0 aliphatic rings. The first kappa shape index (κ1) is 8.46. The number of allylic oxidation sites excluding steroid dienone is 2. The molecular weight excluding hydrogens is 136 g/mol. The van der Waals surface area contributed by atoms with Crippen molar-refractivity contribution < 1.29 is 17.6 Å². The van der Waals surface area contributed by atoms with E-state index in [-0.39, 0.29) is 0 Å². The number of alkyl halides is 2. The largest absolute Gasteiger partial charge is 0.298 e. The molecule has 0 N–H and O–H groups in total. The van der Waals surface area contributed by atoms with Crippen molar-refractivity contribution in [2.45, 2.75) is 19.8 Å². The predicted molar refractivity (Wildman–Crippen MR) is 25.5 cm³/mol. The summed E-state index contributed by atoms with van der Waals surface area (Å²) in [6, 6.07) is 0. The summed E-state index contributed by atoms with van der Waals surface area (Å²) in [4.78, 5) is 0. The molecule has 0 unspecified atom stereocenters. The van der Waals surface area contributed by atoms with Crippen molar-refractivity contribution in [1.29, 1.82) is 0 Å². The minimum absolute atomic E-state index is 0.297. The topological polar surface area (TPSA) is 0 Å². The van der Waals surface area contributed by atoms with Gasteiger partial charge < -0.3 is 0 Å². The minimum atomic E-state index is -3.68. The second-order valence-electron chi connectivity index (χ2n) is 1.74. The van der Waals surface area contributed by atoms with Gasteiger partial charge in [-0.2, -0.15) is 8.78 Å². The lowest BCUT2D eigenvalue weighted by Gasteiger charge is -2.05. The monoisotopic (exact) mass is 142 g/mol. The molecule has 0 saturated carbocycles. The molecular formula is C5H6F4. The summed E-state index contributed by atoms with van der Waals surface area (Å²) in [6.45, 7) is 0.943. The quantitative estimate of drug-likeness (QED) is 0.494. The molecule has 0 aromatic carbocycles. The predicted octanol–water partition coefficient (Wildman–Crippen LogP) is 2.81. The van der Waals surface area contributed by atoms with Gasteiger partial charge in [-0.25, -0.2) is 8.78 Å². The molecule has 0 rings (SSSR count). The molecule has 0 aliphatic heterocycles. The SMILES string of the molecule is C/C(F)=C(\F)C(C)(F)F. The average Bonchev–Trinajstić information content (AvgIpc) is 1.62. The van der Waals surface area contributed by atoms with E-state index in [9.17, 15) is 17.6 Å². The fraction of sp³-hybridized carbons (Fsp3) is 0.600. The maximum atomic E-state index is 11.8. The van der Waals surface area contributed by atoms with Gasteiger partial charge in [0.05, 0.1) is 0 Å². The lowest BCUT2D eigenvalue weighted by molar-refractivity contribution is 0.0347. The molecule has 0 fully saturated rings. The van der Waals surface area contributed by atoms with Crippen molar-refractivity contribution in [2.75, 3.05) is 0 Å². The fourth-order valence-electron chi connectivity index (χ4n) is 0.302. The summed E-state index contributed by atoms with van der Waals surface area (Å²) in [5, 5.41) is 0. The van der Waals surface area contributed by atoms with Crippen molar-refractivity contribution in [2.24, 2.45) is 0 Å². The van der Waals surface area contributed by atoms with E-state index < -0.39 is 17.6 Å². The highest BCUT2D eigenvalue weighted by Gasteiger charge is 2.30. The first-order valence-corrected chi connectivity index (χ1v) is 2.26. The highest BCUT2D eigenvalue weighted by Crippen LogP contribution is 2.27. The van der Waals surface area contributed by atoms with Crippen LogP contribution in [-0.4, -0.2) is 5.92 Å². The number of hydrogen-bond donors (Lipinski definition) is 0. The molecule has 4 heteroatoms. The van der Waals surface area contributed by atoms with Crippen LogP contribution in [0.5, 0.6) is 0 Å². The van der Waals surface area contributed by atoms with E-state index in [1.165, 1.54) is 0 Å². The Morgan fingerprint density at radius 3 is 1.56 bits per heavy atom. The van der Waals surface area contributed by atoms with Gasteiger partial charge >= 0.3 is 0 Å². The molecule has 0 amide bonds. The lowest BCUT2D eigenvalue weighted by Crippen LogP contribution is -2.10. The molecule has 0 aromatic heterocycles. The third-order valence-electron chi connectivity index (χ3n) is 0.688. The third-order valence-corrected chi connectivity index (χ3v) is 0.688. The van der Waals surface area contributed by atoms with Gasteiger partial charge in [0.1, 0.15) is 5.83 Å². The molecule has 0 nitrogen and oxygen atoms in total. The van der Waals surface area contributed by atoms with Gasteiger partial charge in [0.15, 0.2) is 5.83 Å². The van der Waals surface area contributed by atoms with Gasteiger partial charge in [-0.15, -0.1) is 0 Å². The number of halogens is 4. The van der Waals surface area contributed by atoms with Crippen LogP contribution in [0.15, 0.2) is 11.7 Å². The Kier molecular flexibility index (Phi) is 2.23. The van der Waals surface area contributed by atoms with Crippen LogP contribution < -0.4 is 0 Å². The minimum Gasteiger partial charge on any atom is -0.209 e. The Hall–Kier alpha value is -0.540. The van der Waals surface area contributed by atoms with Gasteiger partial charge in [-0.1, -0.05) is 0 Å². The maximum Gasteiger partial charge on any atom is 0.298 e. The summed E-state index contributed by atoms with van der Waals surface area (Å²) in [5.74, 6) is -7.15. The van der Waals surface area contributed by atoms with Crippen LogP contribution in [0.2, 0.25) is 0 Å². The van der Waals surface area contributed by atoms with E-state index in [0.717, 1.165) is 0 Å². The van der Waals surface area contributed by atoms with Crippen LogP contribution in [0.4, 0.5) is 17.6 Å². The highest BCUT2D eigenvalue weighted by molar-refractivity contribution is 5.05. The summed E-state index contributed by atoms with van der Waals surface area (Å²) >= 11 is 0. The van der Waals surface area contributed by atoms with Crippen LogP contribution in [0.25, 0.3) is 0 Å². The average molecular weight is 142 g/mol. The second kappa shape index (κ2) is 2.37. The maximum absolute atomic E-state index is 11.8. The van der Waals surface area contributed by atoms with Crippen LogP contribution in [0, 0.1) is 0 Å². The van der Waals surface area contributed by atoms with Gasteiger partial charge in [0.2, 0.25) is 0 Å². The van der Waals surface area contributed by atoms with E-state index in [1.54, 1.807) is 0 Å². The summed E-state index contributed by atoms with van der Waals surface area (Å²) in [6.07, 6.45) is 0.